The minimum atomic E-state index is -1.39. The van der Waals surface area contributed by atoms with Crippen molar-refractivity contribution in [3.05, 3.63) is 16.2 Å². The van der Waals surface area contributed by atoms with Crippen molar-refractivity contribution in [2.45, 2.75) is 24.9 Å². The number of hydrogen-bond acceptors (Lipinski definition) is 8. The fourth-order valence-corrected chi connectivity index (χ4v) is 2.46. The van der Waals surface area contributed by atoms with Gasteiger partial charge >= 0.3 is 5.97 Å². The first kappa shape index (κ1) is 14.4. The zero-order valence-electron chi connectivity index (χ0n) is 11.1. The minimum Gasteiger partial charge on any atom is -0.475 e. The molecule has 3 atom stereocenters. The SMILES string of the molecule is Nc1nc2c(nc(C(=O)O)n2[C@H]2C[C@H](O)[C@@H](CO)O2)c(=O)[nH]1. The van der Waals surface area contributed by atoms with Crippen LogP contribution in [0.5, 0.6) is 0 Å². The van der Waals surface area contributed by atoms with E-state index in [0.717, 1.165) is 4.57 Å². The summed E-state index contributed by atoms with van der Waals surface area (Å²) < 4.78 is 6.50. The number of H-pyrrole nitrogens is 1. The van der Waals surface area contributed by atoms with Gasteiger partial charge in [-0.1, -0.05) is 0 Å². The van der Waals surface area contributed by atoms with Gasteiger partial charge in [0.2, 0.25) is 11.8 Å². The van der Waals surface area contributed by atoms with E-state index in [0.29, 0.717) is 0 Å². The molecular formula is C11H13N5O6. The Kier molecular flexibility index (Phi) is 3.31. The van der Waals surface area contributed by atoms with Gasteiger partial charge in [0.15, 0.2) is 11.2 Å². The second-order valence-corrected chi connectivity index (χ2v) is 4.85. The number of nitrogens with two attached hydrogens (primary N) is 1. The highest BCUT2D eigenvalue weighted by Crippen LogP contribution is 2.31. The molecule has 6 N–H and O–H groups in total. The Labute approximate surface area is 122 Å². The van der Waals surface area contributed by atoms with Crippen molar-refractivity contribution < 1.29 is 24.9 Å². The molecule has 0 spiro atoms. The Balaban J connectivity index is 2.21. The number of aromatic nitrogens is 4. The lowest BCUT2D eigenvalue weighted by Crippen LogP contribution is -2.24. The molecule has 1 aliphatic rings. The number of ether oxygens (including phenoxy) is 1. The van der Waals surface area contributed by atoms with Crippen LogP contribution in [0.4, 0.5) is 5.95 Å². The van der Waals surface area contributed by atoms with Gasteiger partial charge < -0.3 is 25.8 Å². The van der Waals surface area contributed by atoms with Crippen LogP contribution in [-0.2, 0) is 4.74 Å². The van der Waals surface area contributed by atoms with Crippen LogP contribution in [0, 0.1) is 0 Å². The molecule has 118 valence electrons. The van der Waals surface area contributed by atoms with Crippen molar-refractivity contribution >= 4 is 23.1 Å². The van der Waals surface area contributed by atoms with Gasteiger partial charge in [0.1, 0.15) is 12.3 Å². The molecule has 0 bridgehead atoms. The molecule has 0 aliphatic carbocycles. The smallest absolute Gasteiger partial charge is 0.372 e. The largest absolute Gasteiger partial charge is 0.475 e. The van der Waals surface area contributed by atoms with Crippen molar-refractivity contribution in [1.29, 1.82) is 0 Å². The number of carbonyl (C=O) groups is 1. The number of carboxylic acid groups (broad SMARTS) is 1. The summed E-state index contributed by atoms with van der Waals surface area (Å²) in [6.45, 7) is -0.428. The third-order valence-corrected chi connectivity index (χ3v) is 3.43. The third kappa shape index (κ3) is 2.11. The molecule has 0 unspecified atom stereocenters. The zero-order valence-corrected chi connectivity index (χ0v) is 11.1. The lowest BCUT2D eigenvalue weighted by Gasteiger charge is -2.15. The lowest BCUT2D eigenvalue weighted by molar-refractivity contribution is -0.0440. The van der Waals surface area contributed by atoms with E-state index in [-0.39, 0.29) is 23.5 Å². The second kappa shape index (κ2) is 5.05. The number of aromatic carboxylic acids is 1. The second-order valence-electron chi connectivity index (χ2n) is 4.85. The molecule has 3 rings (SSSR count). The molecule has 22 heavy (non-hydrogen) atoms. The van der Waals surface area contributed by atoms with Crippen molar-refractivity contribution in [1.82, 2.24) is 19.5 Å². The first-order chi connectivity index (χ1) is 10.4. The number of aliphatic hydroxyl groups excluding tert-OH is 2. The normalized spacial score (nSPS) is 24.9. The molecule has 11 nitrogen and oxygen atoms in total. The van der Waals surface area contributed by atoms with Crippen LogP contribution in [0.25, 0.3) is 11.2 Å². The van der Waals surface area contributed by atoms with Crippen LogP contribution in [0.2, 0.25) is 0 Å². The fraction of sp³-hybridized carbons (Fsp3) is 0.455. The quantitative estimate of drug-likeness (QED) is 0.430. The van der Waals surface area contributed by atoms with Gasteiger partial charge in [-0.25, -0.2) is 9.78 Å². The van der Waals surface area contributed by atoms with Gasteiger partial charge in [-0.05, 0) is 0 Å². The van der Waals surface area contributed by atoms with Crippen LogP contribution < -0.4 is 11.3 Å². The van der Waals surface area contributed by atoms with Crippen molar-refractivity contribution in [3.63, 3.8) is 0 Å². The number of rotatable bonds is 3. The molecule has 0 aromatic carbocycles. The van der Waals surface area contributed by atoms with E-state index in [1.54, 1.807) is 0 Å². The molecule has 2 aromatic heterocycles. The van der Waals surface area contributed by atoms with Crippen LogP contribution >= 0.6 is 0 Å². The Bertz CT molecular complexity index is 798. The molecule has 0 saturated carbocycles. The van der Waals surface area contributed by atoms with E-state index in [4.69, 9.17) is 15.6 Å². The predicted molar refractivity (Wildman–Crippen MR) is 71.1 cm³/mol. The molecule has 0 amide bonds. The topological polar surface area (TPSA) is 177 Å². The molecule has 1 aliphatic heterocycles. The summed E-state index contributed by atoms with van der Waals surface area (Å²) in [4.78, 5) is 33.0. The van der Waals surface area contributed by atoms with Crippen molar-refractivity contribution in [2.24, 2.45) is 0 Å². The highest BCUT2D eigenvalue weighted by atomic mass is 16.5. The molecular weight excluding hydrogens is 298 g/mol. The van der Waals surface area contributed by atoms with Crippen LogP contribution in [-0.4, -0.2) is 59.6 Å². The summed E-state index contributed by atoms with van der Waals surface area (Å²) in [7, 11) is 0. The Morgan fingerprint density at radius 2 is 2.23 bits per heavy atom. The fourth-order valence-electron chi connectivity index (χ4n) is 2.46. The Hall–Kier alpha value is -2.50. The number of aromatic amines is 1. The van der Waals surface area contributed by atoms with E-state index in [2.05, 4.69) is 15.0 Å². The highest BCUT2D eigenvalue weighted by molar-refractivity contribution is 5.88. The number of nitrogens with zero attached hydrogens (tertiary/aromatic N) is 3. The van der Waals surface area contributed by atoms with E-state index < -0.39 is 42.4 Å². The monoisotopic (exact) mass is 311 g/mol. The van der Waals surface area contributed by atoms with Crippen LogP contribution in [0.15, 0.2) is 4.79 Å². The maximum absolute atomic E-state index is 11.8. The third-order valence-electron chi connectivity index (χ3n) is 3.43. The van der Waals surface area contributed by atoms with Gasteiger partial charge in [-0.3, -0.25) is 14.3 Å². The van der Waals surface area contributed by atoms with Gasteiger partial charge in [0.25, 0.3) is 5.56 Å². The molecule has 2 aromatic rings. The molecule has 0 radical (unpaired) electrons. The highest BCUT2D eigenvalue weighted by Gasteiger charge is 2.38. The first-order valence-corrected chi connectivity index (χ1v) is 6.37. The van der Waals surface area contributed by atoms with E-state index in [1.807, 2.05) is 0 Å². The maximum Gasteiger partial charge on any atom is 0.372 e. The van der Waals surface area contributed by atoms with Gasteiger partial charge in [-0.15, -0.1) is 0 Å². The van der Waals surface area contributed by atoms with E-state index in [1.165, 1.54) is 0 Å². The summed E-state index contributed by atoms with van der Waals surface area (Å²) in [6, 6.07) is 0. The van der Waals surface area contributed by atoms with E-state index >= 15 is 0 Å². The summed E-state index contributed by atoms with van der Waals surface area (Å²) in [5.74, 6) is -2.05. The summed E-state index contributed by atoms with van der Waals surface area (Å²) in [6.07, 6.45) is -2.75. The number of hydrogen-bond donors (Lipinski definition) is 5. The van der Waals surface area contributed by atoms with E-state index in [9.17, 15) is 19.8 Å². The Morgan fingerprint density at radius 1 is 1.50 bits per heavy atom. The lowest BCUT2D eigenvalue weighted by atomic mass is 10.2. The van der Waals surface area contributed by atoms with Crippen LogP contribution in [0.1, 0.15) is 23.3 Å². The van der Waals surface area contributed by atoms with Gasteiger partial charge in [0.05, 0.1) is 12.7 Å². The number of imidazole rings is 1. The average Bonchev–Trinajstić information content (AvgIpc) is 2.99. The first-order valence-electron chi connectivity index (χ1n) is 6.37. The zero-order chi connectivity index (χ0) is 16.0. The maximum atomic E-state index is 11.8. The Morgan fingerprint density at radius 3 is 2.82 bits per heavy atom. The van der Waals surface area contributed by atoms with Crippen molar-refractivity contribution in [3.8, 4) is 0 Å². The van der Waals surface area contributed by atoms with Gasteiger partial charge in [0, 0.05) is 6.42 Å². The van der Waals surface area contributed by atoms with Gasteiger partial charge in [-0.2, -0.15) is 4.98 Å². The molecule has 11 heteroatoms. The molecule has 1 saturated heterocycles. The summed E-state index contributed by atoms with van der Waals surface area (Å²) in [5.41, 5.74) is 4.54. The summed E-state index contributed by atoms with van der Waals surface area (Å²) >= 11 is 0. The number of fused-ring (bicyclic) bond motifs is 1. The predicted octanol–water partition coefficient (Wildman–Crippen LogP) is -1.96. The number of aliphatic hydroxyl groups is 2. The number of nitrogen functional groups attached to an aromatic ring is 1. The summed E-state index contributed by atoms with van der Waals surface area (Å²) in [5, 5.41) is 28.2. The average molecular weight is 311 g/mol. The minimum absolute atomic E-state index is 0.0192. The molecule has 3 heterocycles. The number of nitrogens with one attached hydrogen (secondary N) is 1. The van der Waals surface area contributed by atoms with Crippen LogP contribution in [0.3, 0.4) is 0 Å². The number of anilines is 1. The van der Waals surface area contributed by atoms with Crippen molar-refractivity contribution in [2.75, 3.05) is 12.3 Å². The standard InChI is InChI=1S/C11H13N5O6/c12-11-14-7-6(9(19)15-11)13-8(10(20)21)16(7)5-1-3(18)4(2-17)22-5/h3-5,17-18H,1-2H2,(H,20,21)(H3,12,14,15,19)/t3-,4+,5+/m0/s1. The molecule has 1 fully saturated rings. The number of carboxylic acids is 1.